The number of carbonyl (C=O) groups is 3. The van der Waals surface area contributed by atoms with Gasteiger partial charge in [-0.2, -0.15) is 0 Å². The molecule has 0 bridgehead atoms. The van der Waals surface area contributed by atoms with Gasteiger partial charge in [0.15, 0.2) is 22.5 Å². The van der Waals surface area contributed by atoms with Gasteiger partial charge in [-0.1, -0.05) is 12.1 Å². The number of hydrogen-bond acceptors (Lipinski definition) is 7. The molecule has 10 heteroatoms. The fraction of sp³-hybridized carbons (Fsp3) is 0.500. The number of para-hydroxylation sites is 2. The number of anilines is 1. The summed E-state index contributed by atoms with van der Waals surface area (Å²) in [5.41, 5.74) is 0.525. The van der Waals surface area contributed by atoms with Crippen molar-refractivity contribution in [3.63, 3.8) is 0 Å². The van der Waals surface area contributed by atoms with Crippen molar-refractivity contribution in [3.8, 4) is 5.75 Å². The molecular weight excluding hydrogens is 388 g/mol. The number of esters is 1. The standard InChI is InChI=1S/C18H22N2O7S/c1-2-20(12-7-8-28(24,25)11-12)16(21)10-26-17(22)9-15-18(23)19-13-5-3-4-6-14(13)27-15/h3-6,12,15H,2,7-11H2,1H3,(H,19,23). The molecule has 2 aliphatic heterocycles. The lowest BCUT2D eigenvalue weighted by atomic mass is 10.1. The van der Waals surface area contributed by atoms with Crippen molar-refractivity contribution in [1.82, 2.24) is 4.90 Å². The summed E-state index contributed by atoms with van der Waals surface area (Å²) in [4.78, 5) is 37.9. The van der Waals surface area contributed by atoms with Gasteiger partial charge in [0.05, 0.1) is 23.6 Å². The average Bonchev–Trinajstić information content (AvgIpc) is 3.00. The van der Waals surface area contributed by atoms with Gasteiger partial charge < -0.3 is 19.7 Å². The molecule has 3 rings (SSSR count). The van der Waals surface area contributed by atoms with E-state index in [0.717, 1.165) is 0 Å². The fourth-order valence-corrected chi connectivity index (χ4v) is 5.05. The predicted molar refractivity (Wildman–Crippen MR) is 99.5 cm³/mol. The van der Waals surface area contributed by atoms with Gasteiger partial charge in [-0.25, -0.2) is 8.42 Å². The highest BCUT2D eigenvalue weighted by atomic mass is 32.2. The summed E-state index contributed by atoms with van der Waals surface area (Å²) in [7, 11) is -3.13. The van der Waals surface area contributed by atoms with E-state index in [0.29, 0.717) is 24.4 Å². The van der Waals surface area contributed by atoms with Crippen molar-refractivity contribution in [2.75, 3.05) is 30.0 Å². The molecule has 9 nitrogen and oxygen atoms in total. The monoisotopic (exact) mass is 410 g/mol. The number of rotatable bonds is 6. The van der Waals surface area contributed by atoms with Gasteiger partial charge in [-0.3, -0.25) is 14.4 Å². The van der Waals surface area contributed by atoms with E-state index in [9.17, 15) is 22.8 Å². The Balaban J connectivity index is 1.51. The first kappa shape index (κ1) is 20.1. The molecule has 2 atom stereocenters. The van der Waals surface area contributed by atoms with Gasteiger partial charge >= 0.3 is 5.97 Å². The second kappa shape index (κ2) is 8.17. The van der Waals surface area contributed by atoms with Gasteiger partial charge in [0.1, 0.15) is 5.75 Å². The van der Waals surface area contributed by atoms with Gasteiger partial charge in [0.2, 0.25) is 0 Å². The topological polar surface area (TPSA) is 119 Å². The SMILES string of the molecule is CCN(C(=O)COC(=O)CC1Oc2ccccc2NC1=O)C1CCS(=O)(=O)C1. The van der Waals surface area contributed by atoms with Crippen LogP contribution in [-0.2, 0) is 29.0 Å². The zero-order valence-corrected chi connectivity index (χ0v) is 16.2. The third-order valence-corrected chi connectivity index (χ3v) is 6.48. The minimum atomic E-state index is -3.13. The molecule has 2 heterocycles. The van der Waals surface area contributed by atoms with Crippen molar-refractivity contribution < 1.29 is 32.3 Å². The van der Waals surface area contributed by atoms with Crippen LogP contribution < -0.4 is 10.1 Å². The molecule has 1 aromatic rings. The van der Waals surface area contributed by atoms with E-state index in [-0.39, 0.29) is 17.9 Å². The number of amides is 2. The summed E-state index contributed by atoms with van der Waals surface area (Å²) in [6, 6.07) is 6.45. The maximum atomic E-state index is 12.3. The maximum absolute atomic E-state index is 12.3. The molecule has 1 saturated heterocycles. The van der Waals surface area contributed by atoms with Gasteiger partial charge in [-0.15, -0.1) is 0 Å². The third kappa shape index (κ3) is 4.61. The third-order valence-electron chi connectivity index (χ3n) is 4.73. The van der Waals surface area contributed by atoms with Crippen LogP contribution in [0.3, 0.4) is 0 Å². The number of sulfone groups is 1. The van der Waals surface area contributed by atoms with Crippen LogP contribution in [-0.4, -0.2) is 67.9 Å². The largest absolute Gasteiger partial charge is 0.478 e. The van der Waals surface area contributed by atoms with Crippen LogP contribution in [0.5, 0.6) is 5.75 Å². The molecule has 0 aliphatic carbocycles. The number of ether oxygens (including phenoxy) is 2. The first-order valence-electron chi connectivity index (χ1n) is 9.01. The highest BCUT2D eigenvalue weighted by Gasteiger charge is 2.35. The molecule has 2 amide bonds. The molecule has 1 N–H and O–H groups in total. The van der Waals surface area contributed by atoms with Crippen LogP contribution in [0.1, 0.15) is 19.8 Å². The molecule has 152 valence electrons. The minimum absolute atomic E-state index is 0.0524. The van der Waals surface area contributed by atoms with Crippen LogP contribution in [0.4, 0.5) is 5.69 Å². The Bertz CT molecular complexity index is 884. The Hall–Kier alpha value is -2.62. The quantitative estimate of drug-likeness (QED) is 0.672. The Morgan fingerprint density at radius 2 is 2.07 bits per heavy atom. The molecule has 0 saturated carbocycles. The van der Waals surface area contributed by atoms with Crippen molar-refractivity contribution in [1.29, 1.82) is 0 Å². The summed E-state index contributed by atoms with van der Waals surface area (Å²) in [6.45, 7) is 1.55. The Morgan fingerprint density at radius 1 is 1.32 bits per heavy atom. The molecule has 28 heavy (non-hydrogen) atoms. The summed E-state index contributed by atoms with van der Waals surface area (Å²) in [6.07, 6.45) is -0.998. The van der Waals surface area contributed by atoms with Gasteiger partial charge in [0, 0.05) is 12.6 Å². The molecule has 1 fully saturated rings. The second-order valence-electron chi connectivity index (χ2n) is 6.69. The van der Waals surface area contributed by atoms with E-state index in [1.807, 2.05) is 0 Å². The number of likely N-dealkylation sites (N-methyl/N-ethyl adjacent to an activating group) is 1. The van der Waals surface area contributed by atoms with Crippen LogP contribution in [0, 0.1) is 0 Å². The highest BCUT2D eigenvalue weighted by molar-refractivity contribution is 7.91. The zero-order chi connectivity index (χ0) is 20.3. The van der Waals surface area contributed by atoms with Gasteiger partial charge in [-0.05, 0) is 25.5 Å². The van der Waals surface area contributed by atoms with Crippen molar-refractivity contribution in [2.24, 2.45) is 0 Å². The molecule has 1 aromatic carbocycles. The summed E-state index contributed by atoms with van der Waals surface area (Å²) < 4.78 is 33.7. The number of nitrogens with one attached hydrogen (secondary N) is 1. The highest BCUT2D eigenvalue weighted by Crippen LogP contribution is 2.29. The van der Waals surface area contributed by atoms with E-state index in [1.54, 1.807) is 31.2 Å². The van der Waals surface area contributed by atoms with Crippen molar-refractivity contribution >= 4 is 33.3 Å². The fourth-order valence-electron chi connectivity index (χ4n) is 3.32. The molecule has 0 spiro atoms. The normalized spacial score (nSPS) is 22.5. The second-order valence-corrected chi connectivity index (χ2v) is 8.92. The summed E-state index contributed by atoms with van der Waals surface area (Å²) in [5, 5.41) is 2.65. The van der Waals surface area contributed by atoms with E-state index in [1.165, 1.54) is 4.90 Å². The van der Waals surface area contributed by atoms with E-state index >= 15 is 0 Å². The number of carbonyl (C=O) groups excluding carboxylic acids is 3. The van der Waals surface area contributed by atoms with Gasteiger partial charge in [0.25, 0.3) is 11.8 Å². The van der Waals surface area contributed by atoms with Crippen LogP contribution in [0.15, 0.2) is 24.3 Å². The predicted octanol–water partition coefficient (Wildman–Crippen LogP) is 0.355. The smallest absolute Gasteiger partial charge is 0.310 e. The Labute approximate surface area is 162 Å². The number of hydrogen-bond donors (Lipinski definition) is 1. The van der Waals surface area contributed by atoms with E-state index in [4.69, 9.17) is 9.47 Å². The average molecular weight is 410 g/mol. The zero-order valence-electron chi connectivity index (χ0n) is 15.4. The Morgan fingerprint density at radius 3 is 2.75 bits per heavy atom. The maximum Gasteiger partial charge on any atom is 0.310 e. The lowest BCUT2D eigenvalue weighted by Gasteiger charge is -2.27. The molecule has 0 aromatic heterocycles. The lowest BCUT2D eigenvalue weighted by Crippen LogP contribution is -2.43. The number of benzene rings is 1. The Kier molecular flexibility index (Phi) is 5.87. The minimum Gasteiger partial charge on any atom is -0.478 e. The van der Waals surface area contributed by atoms with Crippen LogP contribution in [0.25, 0.3) is 0 Å². The van der Waals surface area contributed by atoms with E-state index < -0.39 is 46.4 Å². The number of nitrogens with zero attached hydrogens (tertiary/aromatic N) is 1. The van der Waals surface area contributed by atoms with E-state index in [2.05, 4.69) is 5.32 Å². The van der Waals surface area contributed by atoms with Crippen LogP contribution >= 0.6 is 0 Å². The first-order valence-corrected chi connectivity index (χ1v) is 10.8. The van der Waals surface area contributed by atoms with Crippen molar-refractivity contribution in [2.45, 2.75) is 31.9 Å². The first-order chi connectivity index (χ1) is 13.3. The van der Waals surface area contributed by atoms with Crippen LogP contribution in [0.2, 0.25) is 0 Å². The molecule has 2 unspecified atom stereocenters. The lowest BCUT2D eigenvalue weighted by molar-refractivity contribution is -0.155. The summed E-state index contributed by atoms with van der Waals surface area (Å²) >= 11 is 0. The summed E-state index contributed by atoms with van der Waals surface area (Å²) in [5.74, 6) is -1.24. The molecule has 0 radical (unpaired) electrons. The molecular formula is C18H22N2O7S. The van der Waals surface area contributed by atoms with Crippen molar-refractivity contribution in [3.05, 3.63) is 24.3 Å². The number of fused-ring (bicyclic) bond motifs is 1. The molecule has 2 aliphatic rings.